The minimum atomic E-state index is -0.971. The quantitative estimate of drug-likeness (QED) is 0.870. The van der Waals surface area contributed by atoms with E-state index in [0.29, 0.717) is 17.9 Å². The van der Waals surface area contributed by atoms with Crippen molar-refractivity contribution in [3.8, 4) is 0 Å². The monoisotopic (exact) mass is 247 g/mol. The Morgan fingerprint density at radius 3 is 2.72 bits per heavy atom. The van der Waals surface area contributed by atoms with Gasteiger partial charge in [-0.2, -0.15) is 0 Å². The number of fused-ring (bicyclic) bond motifs is 1. The maximum atomic E-state index is 10.9. The van der Waals surface area contributed by atoms with Gasteiger partial charge in [0, 0.05) is 17.9 Å². The van der Waals surface area contributed by atoms with Gasteiger partial charge < -0.3 is 14.8 Å². The van der Waals surface area contributed by atoms with Crippen LogP contribution in [-0.4, -0.2) is 17.0 Å². The van der Waals surface area contributed by atoms with Crippen LogP contribution in [0.3, 0.4) is 0 Å². The van der Waals surface area contributed by atoms with E-state index in [1.54, 1.807) is 12.1 Å². The molecular formula is C13H13NO4. The summed E-state index contributed by atoms with van der Waals surface area (Å²) in [7, 11) is 0. The minimum absolute atomic E-state index is 0.138. The Morgan fingerprint density at radius 1 is 1.39 bits per heavy atom. The molecular weight excluding hydrogens is 234 g/mol. The highest BCUT2D eigenvalue weighted by Gasteiger charge is 2.13. The van der Waals surface area contributed by atoms with Crippen molar-refractivity contribution in [3.63, 3.8) is 0 Å². The lowest BCUT2D eigenvalue weighted by Gasteiger charge is -1.98. The van der Waals surface area contributed by atoms with Gasteiger partial charge in [-0.25, -0.2) is 4.79 Å². The van der Waals surface area contributed by atoms with Crippen molar-refractivity contribution in [1.29, 1.82) is 0 Å². The second-order valence-electron chi connectivity index (χ2n) is 4.08. The third-order valence-electron chi connectivity index (χ3n) is 2.78. The van der Waals surface area contributed by atoms with Crippen molar-refractivity contribution < 1.29 is 19.1 Å². The fraction of sp³-hybridized carbons (Fsp3) is 0.231. The molecule has 0 radical (unpaired) electrons. The summed E-state index contributed by atoms with van der Waals surface area (Å²) >= 11 is 0. The number of nitrogens with one attached hydrogen (secondary N) is 1. The van der Waals surface area contributed by atoms with E-state index in [1.165, 1.54) is 13.0 Å². The first-order chi connectivity index (χ1) is 8.49. The smallest absolute Gasteiger partial charge is 0.335 e. The predicted octanol–water partition coefficient (Wildman–Crippen LogP) is 2.08. The Hall–Kier alpha value is -2.30. The number of benzene rings is 1. The van der Waals surface area contributed by atoms with Gasteiger partial charge in [-0.3, -0.25) is 4.79 Å². The van der Waals surface area contributed by atoms with Crippen molar-refractivity contribution in [1.82, 2.24) is 5.32 Å². The lowest BCUT2D eigenvalue weighted by atomic mass is 10.1. The highest BCUT2D eigenvalue weighted by Crippen LogP contribution is 2.26. The molecule has 94 valence electrons. The van der Waals surface area contributed by atoms with Crippen LogP contribution in [-0.2, 0) is 11.3 Å². The first-order valence-electron chi connectivity index (χ1n) is 5.49. The zero-order valence-electron chi connectivity index (χ0n) is 10.1. The van der Waals surface area contributed by atoms with E-state index >= 15 is 0 Å². The van der Waals surface area contributed by atoms with E-state index in [4.69, 9.17) is 9.52 Å². The van der Waals surface area contributed by atoms with Gasteiger partial charge in [-0.05, 0) is 25.1 Å². The molecule has 2 rings (SSSR count). The number of carboxylic acid groups (broad SMARTS) is 1. The highest BCUT2D eigenvalue weighted by molar-refractivity contribution is 5.94. The molecule has 18 heavy (non-hydrogen) atoms. The summed E-state index contributed by atoms with van der Waals surface area (Å²) in [5.41, 5.74) is 1.69. The Labute approximate surface area is 103 Å². The molecule has 5 heteroatoms. The van der Waals surface area contributed by atoms with Crippen LogP contribution in [0.5, 0.6) is 0 Å². The number of amides is 1. The number of aromatic carboxylic acids is 1. The summed E-state index contributed by atoms with van der Waals surface area (Å²) in [6, 6.07) is 4.70. The third kappa shape index (κ3) is 2.20. The van der Waals surface area contributed by atoms with Gasteiger partial charge >= 0.3 is 5.97 Å². The Kier molecular flexibility index (Phi) is 3.06. The number of carbonyl (C=O) groups is 2. The topological polar surface area (TPSA) is 79.5 Å². The standard InChI is InChI=1S/C13H13NO4/c1-7-10-5-9(13(16)17)3-4-11(10)18-12(7)6-14-8(2)15/h3-5H,6H2,1-2H3,(H,14,15)(H,16,17). The van der Waals surface area contributed by atoms with E-state index in [9.17, 15) is 9.59 Å². The zero-order chi connectivity index (χ0) is 13.3. The molecule has 0 saturated heterocycles. The number of hydrogen-bond donors (Lipinski definition) is 2. The van der Waals surface area contributed by atoms with Crippen LogP contribution < -0.4 is 5.32 Å². The molecule has 0 spiro atoms. The Morgan fingerprint density at radius 2 is 2.11 bits per heavy atom. The van der Waals surface area contributed by atoms with Crippen LogP contribution in [0.25, 0.3) is 11.0 Å². The molecule has 0 aliphatic heterocycles. The van der Waals surface area contributed by atoms with Crippen molar-refractivity contribution >= 4 is 22.8 Å². The van der Waals surface area contributed by atoms with Crippen LogP contribution >= 0.6 is 0 Å². The van der Waals surface area contributed by atoms with Crippen molar-refractivity contribution in [2.24, 2.45) is 0 Å². The van der Waals surface area contributed by atoms with Crippen LogP contribution in [0.4, 0.5) is 0 Å². The van der Waals surface area contributed by atoms with Gasteiger partial charge in [0.05, 0.1) is 12.1 Å². The fourth-order valence-corrected chi connectivity index (χ4v) is 1.78. The number of aryl methyl sites for hydroxylation is 1. The van der Waals surface area contributed by atoms with E-state index < -0.39 is 5.97 Å². The van der Waals surface area contributed by atoms with Gasteiger partial charge in [0.2, 0.25) is 5.91 Å². The first-order valence-corrected chi connectivity index (χ1v) is 5.49. The molecule has 0 unspecified atom stereocenters. The normalized spacial score (nSPS) is 10.6. The molecule has 0 atom stereocenters. The molecule has 1 aromatic heterocycles. The number of furan rings is 1. The van der Waals surface area contributed by atoms with Crippen LogP contribution in [0, 0.1) is 6.92 Å². The van der Waals surface area contributed by atoms with Gasteiger partial charge in [-0.15, -0.1) is 0 Å². The summed E-state index contributed by atoms with van der Waals surface area (Å²) in [6.07, 6.45) is 0. The molecule has 1 aromatic carbocycles. The number of rotatable bonds is 3. The largest absolute Gasteiger partial charge is 0.478 e. The summed E-state index contributed by atoms with van der Waals surface area (Å²) in [5, 5.41) is 12.3. The Bertz CT molecular complexity index is 627. The van der Waals surface area contributed by atoms with E-state index in [1.807, 2.05) is 6.92 Å². The average Bonchev–Trinajstić information content (AvgIpc) is 2.63. The molecule has 2 N–H and O–H groups in total. The minimum Gasteiger partial charge on any atom is -0.478 e. The SMILES string of the molecule is CC(=O)NCc1oc2ccc(C(=O)O)cc2c1C. The third-order valence-corrected chi connectivity index (χ3v) is 2.78. The van der Waals surface area contributed by atoms with Crippen LogP contribution in [0.1, 0.15) is 28.6 Å². The summed E-state index contributed by atoms with van der Waals surface area (Å²) in [5.74, 6) is -0.468. The molecule has 0 saturated carbocycles. The molecule has 0 bridgehead atoms. The van der Waals surface area contributed by atoms with Crippen LogP contribution in [0.15, 0.2) is 22.6 Å². The van der Waals surface area contributed by atoms with Crippen molar-refractivity contribution in [2.75, 3.05) is 0 Å². The van der Waals surface area contributed by atoms with Crippen molar-refractivity contribution in [3.05, 3.63) is 35.1 Å². The van der Waals surface area contributed by atoms with Gasteiger partial charge in [0.25, 0.3) is 0 Å². The lowest BCUT2D eigenvalue weighted by Crippen LogP contribution is -2.18. The zero-order valence-corrected chi connectivity index (χ0v) is 10.1. The maximum absolute atomic E-state index is 10.9. The van der Waals surface area contributed by atoms with E-state index in [0.717, 1.165) is 10.9 Å². The van der Waals surface area contributed by atoms with Crippen LogP contribution in [0.2, 0.25) is 0 Å². The van der Waals surface area contributed by atoms with Crippen molar-refractivity contribution in [2.45, 2.75) is 20.4 Å². The summed E-state index contributed by atoms with van der Waals surface area (Å²) < 4.78 is 5.58. The second kappa shape index (κ2) is 4.52. The lowest BCUT2D eigenvalue weighted by molar-refractivity contribution is -0.119. The van der Waals surface area contributed by atoms with Gasteiger partial charge in [0.1, 0.15) is 11.3 Å². The molecule has 0 fully saturated rings. The number of hydrogen-bond acceptors (Lipinski definition) is 3. The predicted molar refractivity (Wildman–Crippen MR) is 65.4 cm³/mol. The summed E-state index contributed by atoms with van der Waals surface area (Å²) in [4.78, 5) is 21.7. The summed E-state index contributed by atoms with van der Waals surface area (Å²) in [6.45, 7) is 3.58. The highest BCUT2D eigenvalue weighted by atomic mass is 16.4. The van der Waals surface area contributed by atoms with E-state index in [-0.39, 0.29) is 11.5 Å². The molecule has 1 amide bonds. The number of carbonyl (C=O) groups excluding carboxylic acids is 1. The molecule has 0 aliphatic rings. The number of carboxylic acids is 1. The maximum Gasteiger partial charge on any atom is 0.335 e. The fourth-order valence-electron chi connectivity index (χ4n) is 1.78. The molecule has 2 aromatic rings. The van der Waals surface area contributed by atoms with Gasteiger partial charge in [0.15, 0.2) is 0 Å². The second-order valence-corrected chi connectivity index (χ2v) is 4.08. The van der Waals surface area contributed by atoms with E-state index in [2.05, 4.69) is 5.32 Å². The Balaban J connectivity index is 2.43. The first kappa shape index (κ1) is 12.2. The molecule has 0 aliphatic carbocycles. The molecule has 5 nitrogen and oxygen atoms in total. The van der Waals surface area contributed by atoms with Gasteiger partial charge in [-0.1, -0.05) is 0 Å². The molecule has 1 heterocycles. The average molecular weight is 247 g/mol.